The average Bonchev–Trinajstić information content (AvgIpc) is 3.15. The summed E-state index contributed by atoms with van der Waals surface area (Å²) in [6.07, 6.45) is 7.13. The first-order valence-electron chi connectivity index (χ1n) is 17.1. The maximum Gasteiger partial charge on any atom is 0.243 e. The van der Waals surface area contributed by atoms with Crippen LogP contribution in [0.1, 0.15) is 22.8 Å². The van der Waals surface area contributed by atoms with E-state index in [1.165, 1.54) is 0 Å². The predicted molar refractivity (Wildman–Crippen MR) is 202 cm³/mol. The lowest BCUT2D eigenvalue weighted by molar-refractivity contribution is 0.203. The van der Waals surface area contributed by atoms with Gasteiger partial charge in [0.15, 0.2) is 0 Å². The summed E-state index contributed by atoms with van der Waals surface area (Å²) in [6.45, 7) is 3.70. The van der Waals surface area contributed by atoms with Crippen LogP contribution in [0.15, 0.2) is 139 Å². The van der Waals surface area contributed by atoms with E-state index in [2.05, 4.69) is 29.7 Å². The van der Waals surface area contributed by atoms with Crippen molar-refractivity contribution in [1.29, 1.82) is 0 Å². The standard InChI is InChI=1S/C40H44N8O2S/c1-45(2)39-19-11-18-38-37(39)17-12-20-40(38)51(49,50)48(27-25-46(29-33-13-3-7-21-41-33)30-34-14-4-8-22-42-34)28-26-47(31-35-15-5-9-23-43-35)32-36-16-6-10-24-44-36/h3-24H,25-32H2,1-2H3. The Balaban J connectivity index is 1.33. The SMILES string of the molecule is CN(C)c1cccc2c(S(=O)(=O)N(CCN(Cc3ccccn3)Cc3ccccn3)CCN(Cc3ccccn3)Cc3ccccn3)cccc12. The zero-order valence-corrected chi connectivity index (χ0v) is 30.0. The van der Waals surface area contributed by atoms with Crippen molar-refractivity contribution >= 4 is 26.5 Å². The van der Waals surface area contributed by atoms with Crippen LogP contribution in [0.4, 0.5) is 5.69 Å². The summed E-state index contributed by atoms with van der Waals surface area (Å²) < 4.78 is 31.5. The van der Waals surface area contributed by atoms with Gasteiger partial charge in [-0.1, -0.05) is 48.5 Å². The van der Waals surface area contributed by atoms with Crippen molar-refractivity contribution in [2.24, 2.45) is 0 Å². The lowest BCUT2D eigenvalue weighted by Crippen LogP contribution is -2.42. The van der Waals surface area contributed by atoms with Gasteiger partial charge in [-0.25, -0.2) is 8.42 Å². The Hall–Kier alpha value is -5.07. The summed E-state index contributed by atoms with van der Waals surface area (Å²) in [6, 6.07) is 34.8. The van der Waals surface area contributed by atoms with Crippen molar-refractivity contribution in [1.82, 2.24) is 34.0 Å². The lowest BCUT2D eigenvalue weighted by atomic mass is 10.1. The highest BCUT2D eigenvalue weighted by Crippen LogP contribution is 2.32. The average molecular weight is 701 g/mol. The molecular weight excluding hydrogens is 657 g/mol. The van der Waals surface area contributed by atoms with Crippen molar-refractivity contribution in [2.75, 3.05) is 45.2 Å². The van der Waals surface area contributed by atoms with Gasteiger partial charge in [-0.3, -0.25) is 29.7 Å². The fraction of sp³-hybridized carbons (Fsp3) is 0.250. The molecule has 0 aliphatic carbocycles. The summed E-state index contributed by atoms with van der Waals surface area (Å²) in [7, 11) is -0.0138. The van der Waals surface area contributed by atoms with Crippen LogP contribution in [-0.2, 0) is 36.2 Å². The fourth-order valence-corrected chi connectivity index (χ4v) is 7.82. The summed E-state index contributed by atoms with van der Waals surface area (Å²) in [4.78, 5) is 25.0. The van der Waals surface area contributed by atoms with Crippen LogP contribution in [0.3, 0.4) is 0 Å². The highest BCUT2D eigenvalue weighted by Gasteiger charge is 2.28. The van der Waals surface area contributed by atoms with E-state index in [9.17, 15) is 8.42 Å². The van der Waals surface area contributed by atoms with Crippen molar-refractivity contribution in [3.8, 4) is 0 Å². The molecule has 10 nitrogen and oxygen atoms in total. The molecule has 0 bridgehead atoms. The Kier molecular flexibility index (Phi) is 12.1. The van der Waals surface area contributed by atoms with Gasteiger partial charge in [0.1, 0.15) is 0 Å². The van der Waals surface area contributed by atoms with Crippen LogP contribution < -0.4 is 4.90 Å². The van der Waals surface area contributed by atoms with E-state index in [0.717, 1.165) is 33.8 Å². The molecule has 262 valence electrons. The second-order valence-corrected chi connectivity index (χ2v) is 14.5. The minimum Gasteiger partial charge on any atom is -0.377 e. The molecule has 11 heteroatoms. The van der Waals surface area contributed by atoms with E-state index < -0.39 is 10.0 Å². The summed E-state index contributed by atoms with van der Waals surface area (Å²) in [5.41, 5.74) is 4.59. The molecule has 6 aromatic rings. The third-order valence-electron chi connectivity index (χ3n) is 8.74. The number of fused-ring (bicyclic) bond motifs is 1. The number of pyridine rings is 4. The van der Waals surface area contributed by atoms with Crippen LogP contribution in [-0.4, -0.2) is 82.7 Å². The molecule has 0 aliphatic rings. The molecule has 0 spiro atoms. The lowest BCUT2D eigenvalue weighted by Gasteiger charge is -2.30. The second-order valence-electron chi connectivity index (χ2n) is 12.6. The van der Waals surface area contributed by atoms with E-state index in [0.29, 0.717) is 49.6 Å². The van der Waals surface area contributed by atoms with Gasteiger partial charge in [-0.2, -0.15) is 4.31 Å². The van der Waals surface area contributed by atoms with Crippen molar-refractivity contribution in [3.05, 3.63) is 157 Å². The van der Waals surface area contributed by atoms with Crippen molar-refractivity contribution < 1.29 is 8.42 Å². The van der Waals surface area contributed by atoms with Gasteiger partial charge in [0.2, 0.25) is 10.0 Å². The third kappa shape index (κ3) is 9.59. The van der Waals surface area contributed by atoms with Crippen molar-refractivity contribution in [2.45, 2.75) is 31.1 Å². The molecule has 0 saturated heterocycles. The first-order valence-corrected chi connectivity index (χ1v) is 18.5. The molecular formula is C40H44N8O2S. The summed E-state index contributed by atoms with van der Waals surface area (Å²) >= 11 is 0. The third-order valence-corrected chi connectivity index (χ3v) is 10.7. The molecule has 51 heavy (non-hydrogen) atoms. The predicted octanol–water partition coefficient (Wildman–Crippen LogP) is 5.88. The monoisotopic (exact) mass is 700 g/mol. The Labute approximate surface area is 301 Å². The highest BCUT2D eigenvalue weighted by molar-refractivity contribution is 7.89. The molecule has 4 heterocycles. The topological polar surface area (TPSA) is 98.7 Å². The maximum absolute atomic E-state index is 14.9. The van der Waals surface area contributed by atoms with E-state index >= 15 is 0 Å². The molecule has 0 atom stereocenters. The van der Waals surface area contributed by atoms with Crippen LogP contribution in [0.2, 0.25) is 0 Å². The van der Waals surface area contributed by atoms with E-state index in [4.69, 9.17) is 0 Å². The van der Waals surface area contributed by atoms with Gasteiger partial charge in [0.05, 0.1) is 27.7 Å². The molecule has 0 unspecified atom stereocenters. The Morgan fingerprint density at radius 2 is 0.882 bits per heavy atom. The Morgan fingerprint density at radius 3 is 1.27 bits per heavy atom. The van der Waals surface area contributed by atoms with Crippen LogP contribution in [0.5, 0.6) is 0 Å². The van der Waals surface area contributed by atoms with Gasteiger partial charge in [0, 0.05) is 108 Å². The van der Waals surface area contributed by atoms with Crippen LogP contribution >= 0.6 is 0 Å². The van der Waals surface area contributed by atoms with E-state index in [-0.39, 0.29) is 13.1 Å². The second kappa shape index (κ2) is 17.2. The summed E-state index contributed by atoms with van der Waals surface area (Å²) in [5.74, 6) is 0. The van der Waals surface area contributed by atoms with Gasteiger partial charge in [-0.15, -0.1) is 0 Å². The van der Waals surface area contributed by atoms with E-state index in [1.54, 1.807) is 35.2 Å². The summed E-state index contributed by atoms with van der Waals surface area (Å²) in [5, 5.41) is 1.59. The van der Waals surface area contributed by atoms with Gasteiger partial charge in [0.25, 0.3) is 0 Å². The highest BCUT2D eigenvalue weighted by atomic mass is 32.2. The number of hydrogen-bond donors (Lipinski definition) is 0. The van der Waals surface area contributed by atoms with Crippen molar-refractivity contribution in [3.63, 3.8) is 0 Å². The number of anilines is 1. The van der Waals surface area contributed by atoms with Crippen LogP contribution in [0.25, 0.3) is 10.8 Å². The van der Waals surface area contributed by atoms with Gasteiger partial charge in [-0.05, 0) is 60.7 Å². The normalized spacial score (nSPS) is 11.9. The molecule has 4 aromatic heterocycles. The molecule has 0 aliphatic heterocycles. The molecule has 0 amide bonds. The number of hydrogen-bond acceptors (Lipinski definition) is 9. The molecule has 0 radical (unpaired) electrons. The first-order chi connectivity index (χ1) is 24.9. The van der Waals surface area contributed by atoms with Crippen LogP contribution in [0, 0.1) is 0 Å². The zero-order valence-electron chi connectivity index (χ0n) is 29.2. The maximum atomic E-state index is 14.9. The molecule has 6 rings (SSSR count). The van der Waals surface area contributed by atoms with Gasteiger partial charge < -0.3 is 4.90 Å². The minimum atomic E-state index is -3.95. The molecule has 0 saturated carbocycles. The van der Waals surface area contributed by atoms with Gasteiger partial charge >= 0.3 is 0 Å². The first kappa shape index (κ1) is 35.7. The number of sulfonamides is 1. The number of rotatable bonds is 17. The quantitative estimate of drug-likeness (QED) is 0.116. The number of nitrogens with zero attached hydrogens (tertiary/aromatic N) is 8. The number of aromatic nitrogens is 4. The molecule has 2 aromatic carbocycles. The minimum absolute atomic E-state index is 0.271. The largest absolute Gasteiger partial charge is 0.377 e. The zero-order chi connectivity index (χ0) is 35.5. The Morgan fingerprint density at radius 1 is 0.471 bits per heavy atom. The number of benzene rings is 2. The Bertz CT molecular complexity index is 1900. The molecule has 0 fully saturated rings. The van der Waals surface area contributed by atoms with E-state index in [1.807, 2.05) is 122 Å². The smallest absolute Gasteiger partial charge is 0.243 e. The fourth-order valence-electron chi connectivity index (χ4n) is 6.19. The molecule has 0 N–H and O–H groups in total.